The number of amides is 2. The molecule has 4 rings (SSSR count). The van der Waals surface area contributed by atoms with Crippen LogP contribution in [0.3, 0.4) is 0 Å². The van der Waals surface area contributed by atoms with Crippen molar-refractivity contribution in [2.45, 2.75) is 57.3 Å². The van der Waals surface area contributed by atoms with E-state index < -0.39 is 5.66 Å². The monoisotopic (exact) mass is 408 g/mol. The summed E-state index contributed by atoms with van der Waals surface area (Å²) in [7, 11) is 0. The maximum atomic E-state index is 13.1. The van der Waals surface area contributed by atoms with Gasteiger partial charge in [-0.15, -0.1) is 0 Å². The zero-order chi connectivity index (χ0) is 20.4. The van der Waals surface area contributed by atoms with Crippen LogP contribution in [0, 0.1) is 11.8 Å². The van der Waals surface area contributed by atoms with E-state index in [0.717, 1.165) is 52.0 Å². The molecule has 4 saturated heterocycles. The molecule has 4 aliphatic rings. The predicted octanol–water partition coefficient (Wildman–Crippen LogP) is 0.177. The summed E-state index contributed by atoms with van der Waals surface area (Å²) in [5.74, 6) is 0.296. The Hall–Kier alpha value is -1.22. The molecule has 0 aromatic carbocycles. The Balaban J connectivity index is 1.48. The first-order chi connectivity index (χ1) is 14.0. The first-order valence-corrected chi connectivity index (χ1v) is 11.3. The number of nitrogens with zero attached hydrogens (tertiary/aromatic N) is 2. The van der Waals surface area contributed by atoms with Crippen LogP contribution in [-0.4, -0.2) is 92.0 Å². The maximum absolute atomic E-state index is 13.1. The summed E-state index contributed by atoms with van der Waals surface area (Å²) in [5, 5.41) is 6.96. The Morgan fingerprint density at radius 2 is 1.31 bits per heavy atom. The van der Waals surface area contributed by atoms with E-state index in [4.69, 9.17) is 9.47 Å². The van der Waals surface area contributed by atoms with Crippen LogP contribution >= 0.6 is 0 Å². The third kappa shape index (κ3) is 4.17. The molecule has 0 aliphatic carbocycles. The van der Waals surface area contributed by atoms with E-state index in [-0.39, 0.29) is 35.7 Å². The van der Waals surface area contributed by atoms with Crippen molar-refractivity contribution in [2.24, 2.45) is 11.8 Å². The van der Waals surface area contributed by atoms with Gasteiger partial charge >= 0.3 is 0 Å². The molecule has 0 aromatic rings. The molecule has 0 radical (unpaired) electrons. The van der Waals surface area contributed by atoms with Gasteiger partial charge in [-0.3, -0.25) is 9.59 Å². The van der Waals surface area contributed by atoms with Gasteiger partial charge in [0.1, 0.15) is 5.66 Å². The number of carbonyl (C=O) groups excluding carboxylic acids is 2. The predicted molar refractivity (Wildman–Crippen MR) is 108 cm³/mol. The molecule has 4 unspecified atom stereocenters. The number of hydrogen-bond acceptors (Lipinski definition) is 6. The minimum Gasteiger partial charge on any atom is -0.379 e. The lowest BCUT2D eigenvalue weighted by molar-refractivity contribution is -0.144. The number of ether oxygens (including phenoxy) is 2. The second kappa shape index (κ2) is 8.88. The molecule has 1 spiro atoms. The van der Waals surface area contributed by atoms with Gasteiger partial charge < -0.3 is 29.9 Å². The fourth-order valence-electron chi connectivity index (χ4n) is 5.58. The zero-order valence-electron chi connectivity index (χ0n) is 17.8. The molecule has 0 bridgehead atoms. The van der Waals surface area contributed by atoms with Crippen LogP contribution < -0.4 is 10.6 Å². The summed E-state index contributed by atoms with van der Waals surface area (Å²) in [4.78, 5) is 30.3. The van der Waals surface area contributed by atoms with Crippen LogP contribution in [0.25, 0.3) is 0 Å². The van der Waals surface area contributed by atoms with Gasteiger partial charge in [0.25, 0.3) is 0 Å². The van der Waals surface area contributed by atoms with E-state index in [1.54, 1.807) is 0 Å². The summed E-state index contributed by atoms with van der Waals surface area (Å²) in [6.45, 7) is 9.96. The van der Waals surface area contributed by atoms with Gasteiger partial charge in [-0.05, 0) is 12.8 Å². The fourth-order valence-corrected chi connectivity index (χ4v) is 5.58. The van der Waals surface area contributed by atoms with E-state index in [0.29, 0.717) is 26.3 Å². The molecule has 4 fully saturated rings. The SMILES string of the molecule is CC1CC2(CC(C)C(=O)N2CCC2COCCN2)N(CCC2COCCN2)C1=O. The third-order valence-corrected chi connectivity index (χ3v) is 7.05. The van der Waals surface area contributed by atoms with E-state index >= 15 is 0 Å². The Bertz CT molecular complexity index is 551. The number of nitrogens with one attached hydrogen (secondary N) is 2. The number of carbonyl (C=O) groups is 2. The fraction of sp³-hybridized carbons (Fsp3) is 0.905. The summed E-state index contributed by atoms with van der Waals surface area (Å²) < 4.78 is 11.1. The summed E-state index contributed by atoms with van der Waals surface area (Å²) in [6.07, 6.45) is 3.19. The van der Waals surface area contributed by atoms with Crippen molar-refractivity contribution in [1.29, 1.82) is 0 Å². The molecule has 8 nitrogen and oxygen atoms in total. The molecular weight excluding hydrogens is 372 g/mol. The quantitative estimate of drug-likeness (QED) is 0.652. The van der Waals surface area contributed by atoms with Crippen molar-refractivity contribution < 1.29 is 19.1 Å². The number of morpholine rings is 2. The van der Waals surface area contributed by atoms with E-state index in [9.17, 15) is 9.59 Å². The largest absolute Gasteiger partial charge is 0.379 e. The summed E-state index contributed by atoms with van der Waals surface area (Å²) in [6, 6.07) is 0.548. The standard InChI is InChI=1S/C21H36N4O4/c1-15-11-21(24(19(15)26)7-3-17-13-28-9-5-22-17)12-16(2)20(27)25(21)8-4-18-14-29-10-6-23-18/h15-18,22-23H,3-14H2,1-2H3. The van der Waals surface area contributed by atoms with Crippen LogP contribution in [0.15, 0.2) is 0 Å². The molecule has 2 amide bonds. The van der Waals surface area contributed by atoms with E-state index in [1.165, 1.54) is 0 Å². The van der Waals surface area contributed by atoms with Crippen LogP contribution in [0.5, 0.6) is 0 Å². The Labute approximate surface area is 173 Å². The highest BCUT2D eigenvalue weighted by Crippen LogP contribution is 2.46. The van der Waals surface area contributed by atoms with E-state index in [2.05, 4.69) is 10.6 Å². The second-order valence-corrected chi connectivity index (χ2v) is 9.20. The van der Waals surface area contributed by atoms with Crippen LogP contribution in [0.2, 0.25) is 0 Å². The van der Waals surface area contributed by atoms with Gasteiger partial charge in [0.05, 0.1) is 26.4 Å². The highest BCUT2D eigenvalue weighted by Gasteiger charge is 2.59. The Morgan fingerprint density at radius 1 is 0.862 bits per heavy atom. The average molecular weight is 409 g/mol. The Morgan fingerprint density at radius 3 is 1.69 bits per heavy atom. The zero-order valence-corrected chi connectivity index (χ0v) is 17.8. The second-order valence-electron chi connectivity index (χ2n) is 9.20. The number of hydrogen-bond donors (Lipinski definition) is 2. The van der Waals surface area contributed by atoms with Crippen LogP contribution in [0.4, 0.5) is 0 Å². The first-order valence-electron chi connectivity index (χ1n) is 11.3. The maximum Gasteiger partial charge on any atom is 0.227 e. The molecule has 0 aromatic heterocycles. The normalized spacial score (nSPS) is 38.4. The molecule has 0 saturated carbocycles. The number of likely N-dealkylation sites (tertiary alicyclic amines) is 2. The summed E-state index contributed by atoms with van der Waals surface area (Å²) >= 11 is 0. The van der Waals surface area contributed by atoms with Gasteiger partial charge in [-0.1, -0.05) is 13.8 Å². The van der Waals surface area contributed by atoms with Crippen molar-refractivity contribution in [3.05, 3.63) is 0 Å². The third-order valence-electron chi connectivity index (χ3n) is 7.05. The molecule has 4 heterocycles. The number of rotatable bonds is 6. The van der Waals surface area contributed by atoms with Crippen molar-refractivity contribution in [3.63, 3.8) is 0 Å². The van der Waals surface area contributed by atoms with Gasteiger partial charge in [0.2, 0.25) is 11.8 Å². The topological polar surface area (TPSA) is 83.1 Å². The average Bonchev–Trinajstić information content (AvgIpc) is 3.11. The first kappa shape index (κ1) is 21.0. The minimum atomic E-state index is -0.460. The summed E-state index contributed by atoms with van der Waals surface area (Å²) in [5.41, 5.74) is -0.460. The molecule has 8 heteroatoms. The lowest BCUT2D eigenvalue weighted by Gasteiger charge is -2.43. The van der Waals surface area contributed by atoms with Gasteiger partial charge in [-0.25, -0.2) is 0 Å². The minimum absolute atomic E-state index is 0.0395. The molecule has 29 heavy (non-hydrogen) atoms. The van der Waals surface area contributed by atoms with Crippen molar-refractivity contribution in [3.8, 4) is 0 Å². The Kier molecular flexibility index (Phi) is 6.44. The smallest absolute Gasteiger partial charge is 0.227 e. The van der Waals surface area contributed by atoms with Gasteiger partial charge in [0.15, 0.2) is 0 Å². The lowest BCUT2D eigenvalue weighted by Crippen LogP contribution is -2.58. The van der Waals surface area contributed by atoms with E-state index in [1.807, 2.05) is 23.6 Å². The van der Waals surface area contributed by atoms with Crippen molar-refractivity contribution in [2.75, 3.05) is 52.6 Å². The van der Waals surface area contributed by atoms with Gasteiger partial charge in [-0.2, -0.15) is 0 Å². The van der Waals surface area contributed by atoms with Crippen molar-refractivity contribution >= 4 is 11.8 Å². The molecule has 4 atom stereocenters. The molecule has 2 N–H and O–H groups in total. The highest BCUT2D eigenvalue weighted by atomic mass is 16.5. The van der Waals surface area contributed by atoms with Gasteiger partial charge in [0, 0.05) is 62.9 Å². The van der Waals surface area contributed by atoms with Crippen LogP contribution in [0.1, 0.15) is 39.5 Å². The van der Waals surface area contributed by atoms with Crippen LogP contribution in [-0.2, 0) is 19.1 Å². The highest BCUT2D eigenvalue weighted by molar-refractivity contribution is 5.87. The lowest BCUT2D eigenvalue weighted by atomic mass is 9.95. The molecular formula is C21H36N4O4. The molecule has 164 valence electrons. The van der Waals surface area contributed by atoms with Crippen molar-refractivity contribution in [1.82, 2.24) is 20.4 Å². The molecule has 4 aliphatic heterocycles.